The Morgan fingerprint density at radius 3 is 2.70 bits per heavy atom. The minimum atomic E-state index is -0.167. The van der Waals surface area contributed by atoms with E-state index in [4.69, 9.17) is 10.5 Å². The number of methoxy groups -OCH3 is 1. The third-order valence-corrected chi connectivity index (χ3v) is 3.77. The van der Waals surface area contributed by atoms with Crippen molar-refractivity contribution in [1.29, 1.82) is 0 Å². The maximum absolute atomic E-state index is 12.4. The third kappa shape index (κ3) is 5.46. The van der Waals surface area contributed by atoms with Crippen LogP contribution in [-0.4, -0.2) is 56.6 Å². The highest BCUT2D eigenvalue weighted by molar-refractivity contribution is 5.86. The monoisotopic (exact) mass is 285 g/mol. The van der Waals surface area contributed by atoms with Crippen molar-refractivity contribution in [3.63, 3.8) is 0 Å². The van der Waals surface area contributed by atoms with Crippen molar-refractivity contribution < 1.29 is 14.3 Å². The molecule has 2 amide bonds. The molecule has 3 N–H and O–H groups in total. The zero-order chi connectivity index (χ0) is 15.0. The van der Waals surface area contributed by atoms with E-state index in [1.54, 1.807) is 14.2 Å². The smallest absolute Gasteiger partial charge is 0.239 e. The van der Waals surface area contributed by atoms with Gasteiger partial charge in [-0.05, 0) is 12.8 Å². The van der Waals surface area contributed by atoms with Crippen LogP contribution in [0, 0.1) is 5.92 Å². The van der Waals surface area contributed by atoms with Gasteiger partial charge in [-0.15, -0.1) is 0 Å². The van der Waals surface area contributed by atoms with Gasteiger partial charge < -0.3 is 20.7 Å². The highest BCUT2D eigenvalue weighted by atomic mass is 16.5. The van der Waals surface area contributed by atoms with Gasteiger partial charge in [-0.2, -0.15) is 0 Å². The van der Waals surface area contributed by atoms with E-state index >= 15 is 0 Å². The van der Waals surface area contributed by atoms with Gasteiger partial charge in [-0.1, -0.05) is 19.3 Å². The van der Waals surface area contributed by atoms with Crippen LogP contribution in [0.1, 0.15) is 32.1 Å². The van der Waals surface area contributed by atoms with Crippen LogP contribution in [-0.2, 0) is 14.3 Å². The van der Waals surface area contributed by atoms with Gasteiger partial charge in [0.2, 0.25) is 11.8 Å². The molecule has 1 rings (SSSR count). The standard InChI is InChI=1S/C14H27N3O3/c1-17(10-13(18)16-8-9-20-2)14(19)11-6-4-3-5-7-12(11)15/h11-12H,3-10,15H2,1-2H3,(H,16,18). The summed E-state index contributed by atoms with van der Waals surface area (Å²) in [5.41, 5.74) is 6.08. The van der Waals surface area contributed by atoms with Crippen LogP contribution < -0.4 is 11.1 Å². The first-order valence-electron chi connectivity index (χ1n) is 7.32. The van der Waals surface area contributed by atoms with E-state index in [-0.39, 0.29) is 30.3 Å². The number of nitrogens with zero attached hydrogens (tertiary/aromatic N) is 1. The van der Waals surface area contributed by atoms with E-state index in [9.17, 15) is 9.59 Å². The Hall–Kier alpha value is -1.14. The van der Waals surface area contributed by atoms with Crippen molar-refractivity contribution in [2.45, 2.75) is 38.1 Å². The van der Waals surface area contributed by atoms with Gasteiger partial charge in [-0.25, -0.2) is 0 Å². The summed E-state index contributed by atoms with van der Waals surface area (Å²) in [6, 6.07) is -0.0796. The average molecular weight is 285 g/mol. The topological polar surface area (TPSA) is 84.7 Å². The van der Waals surface area contributed by atoms with Crippen molar-refractivity contribution in [2.24, 2.45) is 11.7 Å². The van der Waals surface area contributed by atoms with E-state index < -0.39 is 0 Å². The Morgan fingerprint density at radius 2 is 2.00 bits per heavy atom. The number of carbonyl (C=O) groups is 2. The lowest BCUT2D eigenvalue weighted by atomic mass is 9.94. The average Bonchev–Trinajstić information content (AvgIpc) is 2.62. The quantitative estimate of drug-likeness (QED) is 0.536. The molecule has 1 aliphatic rings. The molecule has 2 unspecified atom stereocenters. The Morgan fingerprint density at radius 1 is 1.30 bits per heavy atom. The molecule has 0 aromatic rings. The highest BCUT2D eigenvalue weighted by Gasteiger charge is 2.29. The number of amides is 2. The van der Waals surface area contributed by atoms with E-state index in [0.717, 1.165) is 32.1 Å². The molecule has 0 heterocycles. The van der Waals surface area contributed by atoms with Crippen molar-refractivity contribution in [3.05, 3.63) is 0 Å². The number of ether oxygens (including phenoxy) is 1. The molecule has 6 heteroatoms. The molecule has 116 valence electrons. The molecule has 1 saturated carbocycles. The summed E-state index contributed by atoms with van der Waals surface area (Å²) in [6.07, 6.45) is 4.99. The summed E-state index contributed by atoms with van der Waals surface area (Å²) >= 11 is 0. The second-order valence-corrected chi connectivity index (χ2v) is 5.45. The minimum absolute atomic E-state index is 0.0127. The second kappa shape index (κ2) is 8.92. The normalized spacial score (nSPS) is 22.9. The third-order valence-electron chi connectivity index (χ3n) is 3.77. The molecule has 1 aliphatic carbocycles. The zero-order valence-corrected chi connectivity index (χ0v) is 12.6. The largest absolute Gasteiger partial charge is 0.383 e. The Kier molecular flexibility index (Phi) is 7.54. The van der Waals surface area contributed by atoms with Gasteiger partial charge in [0.1, 0.15) is 0 Å². The fourth-order valence-electron chi connectivity index (χ4n) is 2.57. The molecule has 2 atom stereocenters. The molecule has 0 aromatic heterocycles. The molecule has 0 spiro atoms. The van der Waals surface area contributed by atoms with Gasteiger partial charge in [-0.3, -0.25) is 9.59 Å². The first-order valence-corrected chi connectivity index (χ1v) is 7.32. The van der Waals surface area contributed by atoms with Crippen molar-refractivity contribution >= 4 is 11.8 Å². The van der Waals surface area contributed by atoms with Crippen molar-refractivity contribution in [2.75, 3.05) is 33.9 Å². The minimum Gasteiger partial charge on any atom is -0.383 e. The van der Waals surface area contributed by atoms with Crippen molar-refractivity contribution in [3.8, 4) is 0 Å². The van der Waals surface area contributed by atoms with Gasteiger partial charge in [0.05, 0.1) is 19.1 Å². The highest BCUT2D eigenvalue weighted by Crippen LogP contribution is 2.23. The van der Waals surface area contributed by atoms with E-state index in [1.807, 2.05) is 0 Å². The van der Waals surface area contributed by atoms with Gasteiger partial charge in [0, 0.05) is 26.7 Å². The lowest BCUT2D eigenvalue weighted by molar-refractivity contribution is -0.138. The Labute approximate surface area is 121 Å². The second-order valence-electron chi connectivity index (χ2n) is 5.45. The molecule has 0 radical (unpaired) electrons. The van der Waals surface area contributed by atoms with Crippen LogP contribution in [0.25, 0.3) is 0 Å². The van der Waals surface area contributed by atoms with Crippen LogP contribution >= 0.6 is 0 Å². The first kappa shape index (κ1) is 16.9. The predicted octanol–water partition coefficient (Wildman–Crippen LogP) is 0.115. The molecule has 0 bridgehead atoms. The van der Waals surface area contributed by atoms with Crippen LogP contribution in [0.2, 0.25) is 0 Å². The number of rotatable bonds is 6. The van der Waals surface area contributed by atoms with Crippen LogP contribution in [0.15, 0.2) is 0 Å². The predicted molar refractivity (Wildman–Crippen MR) is 77.1 cm³/mol. The molecule has 0 saturated heterocycles. The summed E-state index contributed by atoms with van der Waals surface area (Å²) in [4.78, 5) is 25.5. The van der Waals surface area contributed by atoms with Gasteiger partial charge >= 0.3 is 0 Å². The van der Waals surface area contributed by atoms with E-state index in [1.165, 1.54) is 4.90 Å². The zero-order valence-electron chi connectivity index (χ0n) is 12.6. The van der Waals surface area contributed by atoms with E-state index in [2.05, 4.69) is 5.32 Å². The van der Waals surface area contributed by atoms with Gasteiger partial charge in [0.25, 0.3) is 0 Å². The summed E-state index contributed by atoms with van der Waals surface area (Å²) in [7, 11) is 3.24. The number of likely N-dealkylation sites (N-methyl/N-ethyl adjacent to an activating group) is 1. The molecular weight excluding hydrogens is 258 g/mol. The summed E-state index contributed by atoms with van der Waals surface area (Å²) in [5.74, 6) is -0.323. The summed E-state index contributed by atoms with van der Waals surface area (Å²) in [6.45, 7) is 1.00. The summed E-state index contributed by atoms with van der Waals surface area (Å²) in [5, 5.41) is 2.71. The van der Waals surface area contributed by atoms with Crippen LogP contribution in [0.4, 0.5) is 0 Å². The molecule has 6 nitrogen and oxygen atoms in total. The van der Waals surface area contributed by atoms with Crippen molar-refractivity contribution in [1.82, 2.24) is 10.2 Å². The number of nitrogens with one attached hydrogen (secondary N) is 1. The Balaban J connectivity index is 2.42. The fourth-order valence-corrected chi connectivity index (χ4v) is 2.57. The maximum Gasteiger partial charge on any atom is 0.239 e. The first-order chi connectivity index (χ1) is 9.56. The van der Waals surface area contributed by atoms with Crippen LogP contribution in [0.3, 0.4) is 0 Å². The molecule has 0 aliphatic heterocycles. The molecular formula is C14H27N3O3. The SMILES string of the molecule is COCCNC(=O)CN(C)C(=O)C1CCCCCC1N. The van der Waals surface area contributed by atoms with Gasteiger partial charge in [0.15, 0.2) is 0 Å². The number of hydrogen-bond acceptors (Lipinski definition) is 4. The maximum atomic E-state index is 12.4. The van der Waals surface area contributed by atoms with E-state index in [0.29, 0.717) is 13.2 Å². The lowest BCUT2D eigenvalue weighted by Crippen LogP contribution is -2.46. The Bertz CT molecular complexity index is 323. The fraction of sp³-hybridized carbons (Fsp3) is 0.857. The number of carbonyl (C=O) groups excluding carboxylic acids is 2. The molecule has 0 aromatic carbocycles. The number of hydrogen-bond donors (Lipinski definition) is 2. The number of nitrogens with two attached hydrogens (primary N) is 1. The molecule has 1 fully saturated rings. The molecule has 20 heavy (non-hydrogen) atoms. The summed E-state index contributed by atoms with van der Waals surface area (Å²) < 4.78 is 4.86. The van der Waals surface area contributed by atoms with Crippen LogP contribution in [0.5, 0.6) is 0 Å². The lowest BCUT2D eigenvalue weighted by Gasteiger charge is -2.26.